The van der Waals surface area contributed by atoms with Crippen molar-refractivity contribution in [3.05, 3.63) is 29.3 Å². The molecule has 1 aliphatic heterocycles. The second-order valence-electron chi connectivity index (χ2n) is 6.23. The van der Waals surface area contributed by atoms with Crippen molar-refractivity contribution in [3.8, 4) is 0 Å². The van der Waals surface area contributed by atoms with Crippen LogP contribution in [0.1, 0.15) is 36.2 Å². The molecule has 2 rings (SSSR count). The molecule has 0 aliphatic carbocycles. The van der Waals surface area contributed by atoms with E-state index in [0.717, 1.165) is 18.5 Å². The zero-order valence-electron chi connectivity index (χ0n) is 14.6. The third-order valence-electron chi connectivity index (χ3n) is 4.35. The largest absolute Gasteiger partial charge is 0.399 e. The number of piperazine rings is 1. The Balaban J connectivity index is 0.00000264. The summed E-state index contributed by atoms with van der Waals surface area (Å²) in [7, 11) is 0. The van der Waals surface area contributed by atoms with Crippen molar-refractivity contribution in [1.29, 1.82) is 0 Å². The van der Waals surface area contributed by atoms with Gasteiger partial charge in [-0.05, 0) is 38.0 Å². The quantitative estimate of drug-likeness (QED) is 0.790. The number of halogens is 2. The Kier molecular flexibility index (Phi) is 9.66. The van der Waals surface area contributed by atoms with Gasteiger partial charge < -0.3 is 15.7 Å². The number of aliphatic hydroxyl groups is 1. The second-order valence-corrected chi connectivity index (χ2v) is 6.23. The van der Waals surface area contributed by atoms with Gasteiger partial charge in [-0.2, -0.15) is 0 Å². The van der Waals surface area contributed by atoms with Crippen LogP contribution in [0.4, 0.5) is 5.69 Å². The molecule has 7 heteroatoms. The highest BCUT2D eigenvalue weighted by Crippen LogP contribution is 2.19. The summed E-state index contributed by atoms with van der Waals surface area (Å²) < 4.78 is 0. The molecule has 0 spiro atoms. The molecule has 1 fully saturated rings. The van der Waals surface area contributed by atoms with Gasteiger partial charge in [-0.25, -0.2) is 0 Å². The fourth-order valence-corrected chi connectivity index (χ4v) is 3.08. The highest BCUT2D eigenvalue weighted by atomic mass is 35.5. The molecule has 1 aromatic rings. The summed E-state index contributed by atoms with van der Waals surface area (Å²) in [6.07, 6.45) is 0.624. The fraction of sp³-hybridized carbons (Fsp3) is 0.588. The SMILES string of the molecule is CCC1CN(C(=O)c2cc(N)ccc2C)CCN1CC(C)O.Cl.Cl. The van der Waals surface area contributed by atoms with Crippen molar-refractivity contribution in [2.24, 2.45) is 0 Å². The minimum absolute atomic E-state index is 0. The van der Waals surface area contributed by atoms with Crippen LogP contribution >= 0.6 is 24.8 Å². The number of anilines is 1. The maximum atomic E-state index is 12.8. The third-order valence-corrected chi connectivity index (χ3v) is 4.35. The number of aliphatic hydroxyl groups excluding tert-OH is 1. The lowest BCUT2D eigenvalue weighted by Crippen LogP contribution is -2.55. The van der Waals surface area contributed by atoms with Crippen molar-refractivity contribution in [3.63, 3.8) is 0 Å². The van der Waals surface area contributed by atoms with Gasteiger partial charge in [0.25, 0.3) is 5.91 Å². The van der Waals surface area contributed by atoms with Gasteiger partial charge in [0.15, 0.2) is 0 Å². The molecule has 2 atom stereocenters. The molecule has 1 aliphatic rings. The van der Waals surface area contributed by atoms with Crippen LogP contribution < -0.4 is 5.73 Å². The standard InChI is InChI=1S/C17H27N3O2.2ClH/c1-4-15-11-20(8-7-19(15)10-13(3)21)17(22)16-9-14(18)6-5-12(16)2;;/h5-6,9,13,15,21H,4,7-8,10-11,18H2,1-3H3;2*1H. The Labute approximate surface area is 157 Å². The Morgan fingerprint density at radius 3 is 2.62 bits per heavy atom. The van der Waals surface area contributed by atoms with Crippen LogP contribution in [0.2, 0.25) is 0 Å². The molecule has 0 saturated carbocycles. The van der Waals surface area contributed by atoms with Crippen molar-refractivity contribution >= 4 is 36.4 Å². The van der Waals surface area contributed by atoms with E-state index in [0.29, 0.717) is 36.9 Å². The van der Waals surface area contributed by atoms with E-state index in [2.05, 4.69) is 11.8 Å². The Morgan fingerprint density at radius 1 is 1.38 bits per heavy atom. The first kappa shape index (κ1) is 23.0. The normalized spacial score (nSPS) is 19.2. The fourth-order valence-electron chi connectivity index (χ4n) is 3.08. The molecule has 138 valence electrons. The Hall–Kier alpha value is -1.01. The van der Waals surface area contributed by atoms with E-state index >= 15 is 0 Å². The number of aryl methyl sites for hydroxylation is 1. The number of amides is 1. The molecule has 1 aromatic carbocycles. The molecule has 0 radical (unpaired) electrons. The molecular formula is C17H29Cl2N3O2. The van der Waals surface area contributed by atoms with Crippen LogP contribution in [0.3, 0.4) is 0 Å². The van der Waals surface area contributed by atoms with Gasteiger partial charge in [-0.15, -0.1) is 24.8 Å². The third kappa shape index (κ3) is 5.52. The maximum absolute atomic E-state index is 12.8. The number of hydrogen-bond donors (Lipinski definition) is 2. The van der Waals surface area contributed by atoms with E-state index in [4.69, 9.17) is 5.73 Å². The maximum Gasteiger partial charge on any atom is 0.254 e. The van der Waals surface area contributed by atoms with Gasteiger partial charge >= 0.3 is 0 Å². The molecule has 5 nitrogen and oxygen atoms in total. The summed E-state index contributed by atoms with van der Waals surface area (Å²) >= 11 is 0. The zero-order chi connectivity index (χ0) is 16.3. The summed E-state index contributed by atoms with van der Waals surface area (Å²) in [5, 5.41) is 9.60. The van der Waals surface area contributed by atoms with E-state index in [9.17, 15) is 9.90 Å². The number of carbonyl (C=O) groups excluding carboxylic acids is 1. The number of nitrogens with zero attached hydrogens (tertiary/aromatic N) is 2. The van der Waals surface area contributed by atoms with Gasteiger partial charge in [0.2, 0.25) is 0 Å². The molecule has 0 bridgehead atoms. The van der Waals surface area contributed by atoms with Crippen LogP contribution in [-0.2, 0) is 0 Å². The molecule has 2 unspecified atom stereocenters. The van der Waals surface area contributed by atoms with E-state index in [1.807, 2.05) is 24.0 Å². The lowest BCUT2D eigenvalue weighted by Gasteiger charge is -2.41. The van der Waals surface area contributed by atoms with E-state index < -0.39 is 0 Å². The molecule has 3 N–H and O–H groups in total. The van der Waals surface area contributed by atoms with Gasteiger partial charge in [0.1, 0.15) is 0 Å². The van der Waals surface area contributed by atoms with E-state index in [-0.39, 0.29) is 36.8 Å². The average Bonchev–Trinajstić information content (AvgIpc) is 2.49. The number of β-amino-alcohol motifs (C(OH)–C–C–N with tert-alkyl or cyclic N) is 1. The number of nitrogens with two attached hydrogens (primary N) is 1. The van der Waals surface area contributed by atoms with Crippen LogP contribution in [0.5, 0.6) is 0 Å². The van der Waals surface area contributed by atoms with Crippen molar-refractivity contribution in [2.45, 2.75) is 39.3 Å². The van der Waals surface area contributed by atoms with E-state index in [1.54, 1.807) is 13.0 Å². The predicted octanol–water partition coefficient (Wildman–Crippen LogP) is 2.34. The van der Waals surface area contributed by atoms with Crippen LogP contribution in [0, 0.1) is 6.92 Å². The second kappa shape index (κ2) is 10.1. The summed E-state index contributed by atoms with van der Waals surface area (Å²) in [5.41, 5.74) is 8.09. The lowest BCUT2D eigenvalue weighted by molar-refractivity contribution is 0.0309. The minimum atomic E-state index is -0.340. The minimum Gasteiger partial charge on any atom is -0.399 e. The zero-order valence-corrected chi connectivity index (χ0v) is 16.2. The highest BCUT2D eigenvalue weighted by Gasteiger charge is 2.29. The van der Waals surface area contributed by atoms with Crippen LogP contribution in [-0.4, -0.2) is 59.1 Å². The average molecular weight is 378 g/mol. The lowest BCUT2D eigenvalue weighted by atomic mass is 10.0. The monoisotopic (exact) mass is 377 g/mol. The van der Waals surface area contributed by atoms with Gasteiger partial charge in [-0.1, -0.05) is 13.0 Å². The molecular weight excluding hydrogens is 349 g/mol. The van der Waals surface area contributed by atoms with E-state index in [1.165, 1.54) is 0 Å². The Morgan fingerprint density at radius 2 is 2.04 bits per heavy atom. The number of nitrogen functional groups attached to an aromatic ring is 1. The highest BCUT2D eigenvalue weighted by molar-refractivity contribution is 5.96. The number of carbonyl (C=O) groups is 1. The van der Waals surface area contributed by atoms with Gasteiger partial charge in [-0.3, -0.25) is 9.69 Å². The number of benzene rings is 1. The molecule has 1 heterocycles. The molecule has 1 saturated heterocycles. The van der Waals surface area contributed by atoms with Crippen molar-refractivity contribution < 1.29 is 9.90 Å². The summed E-state index contributed by atoms with van der Waals surface area (Å²) in [6, 6.07) is 5.78. The summed E-state index contributed by atoms with van der Waals surface area (Å²) in [6.45, 7) is 8.73. The first-order chi connectivity index (χ1) is 10.4. The molecule has 24 heavy (non-hydrogen) atoms. The van der Waals surface area contributed by atoms with Gasteiger partial charge in [0.05, 0.1) is 6.10 Å². The first-order valence-corrected chi connectivity index (χ1v) is 7.99. The van der Waals surface area contributed by atoms with Crippen LogP contribution in [0.15, 0.2) is 18.2 Å². The Bertz CT molecular complexity index is 541. The van der Waals surface area contributed by atoms with Crippen LogP contribution in [0.25, 0.3) is 0 Å². The number of rotatable bonds is 4. The van der Waals surface area contributed by atoms with Crippen molar-refractivity contribution in [1.82, 2.24) is 9.80 Å². The topological polar surface area (TPSA) is 69.8 Å². The summed E-state index contributed by atoms with van der Waals surface area (Å²) in [4.78, 5) is 17.0. The van der Waals surface area contributed by atoms with Crippen molar-refractivity contribution in [2.75, 3.05) is 31.9 Å². The summed E-state index contributed by atoms with van der Waals surface area (Å²) in [5.74, 6) is 0.0555. The predicted molar refractivity (Wildman–Crippen MR) is 103 cm³/mol. The number of hydrogen-bond acceptors (Lipinski definition) is 4. The van der Waals surface area contributed by atoms with Gasteiger partial charge in [0, 0.05) is 43.5 Å². The molecule has 1 amide bonds. The molecule has 0 aromatic heterocycles. The smallest absolute Gasteiger partial charge is 0.254 e. The first-order valence-electron chi connectivity index (χ1n) is 7.99.